The summed E-state index contributed by atoms with van der Waals surface area (Å²) in [4.78, 5) is 1.98. The second-order valence-electron chi connectivity index (χ2n) is 8.40. The van der Waals surface area contributed by atoms with Gasteiger partial charge in [0.05, 0.1) is 6.61 Å². The number of piperazine rings is 1. The maximum atomic E-state index is 13.3. The highest BCUT2D eigenvalue weighted by atomic mass is 32.2. The topological polar surface area (TPSA) is 81.1 Å². The van der Waals surface area contributed by atoms with Crippen molar-refractivity contribution >= 4 is 27.0 Å². The van der Waals surface area contributed by atoms with Gasteiger partial charge < -0.3 is 15.1 Å². The molecule has 0 saturated carbocycles. The number of sulfonamides is 1. The average molecular weight is 527 g/mol. The Kier molecular flexibility index (Phi) is 7.26. The molecule has 2 heterocycles. The summed E-state index contributed by atoms with van der Waals surface area (Å²) in [5, 5.41) is 21.0. The molecule has 188 valence electrons. The SMILES string of the molecule is O=S(=O)(c1cccs1)N1CCN(c2ccc(C(O)(CO)C(F)(F)F)cc2)[C@@H](Cc2ccccc2)C1. The summed E-state index contributed by atoms with van der Waals surface area (Å²) >= 11 is 1.15. The van der Waals surface area contributed by atoms with Crippen LogP contribution in [0, 0.1) is 0 Å². The average Bonchev–Trinajstić information content (AvgIpc) is 3.40. The number of anilines is 1. The van der Waals surface area contributed by atoms with Gasteiger partial charge in [-0.1, -0.05) is 48.5 Å². The third-order valence-corrected chi connectivity index (χ3v) is 9.46. The van der Waals surface area contributed by atoms with Crippen LogP contribution in [0.5, 0.6) is 0 Å². The molecule has 1 unspecified atom stereocenters. The Morgan fingerprint density at radius 2 is 1.66 bits per heavy atom. The first-order valence-corrected chi connectivity index (χ1v) is 13.2. The lowest BCUT2D eigenvalue weighted by atomic mass is 9.93. The monoisotopic (exact) mass is 526 g/mol. The minimum atomic E-state index is -5.04. The van der Waals surface area contributed by atoms with E-state index in [0.717, 1.165) is 29.0 Å². The van der Waals surface area contributed by atoms with E-state index in [2.05, 4.69) is 0 Å². The zero-order valence-corrected chi connectivity index (χ0v) is 20.2. The highest BCUT2D eigenvalue weighted by Gasteiger charge is 2.54. The smallest absolute Gasteiger partial charge is 0.393 e. The molecule has 4 rings (SSSR count). The number of aliphatic hydroxyl groups excluding tert-OH is 1. The van der Waals surface area contributed by atoms with Crippen molar-refractivity contribution in [1.82, 2.24) is 4.31 Å². The quantitative estimate of drug-likeness (QED) is 0.492. The van der Waals surface area contributed by atoms with Gasteiger partial charge in [-0.15, -0.1) is 11.3 Å². The van der Waals surface area contributed by atoms with Gasteiger partial charge in [0.25, 0.3) is 10.0 Å². The Bertz CT molecular complexity index is 1220. The third kappa shape index (κ3) is 5.10. The van der Waals surface area contributed by atoms with Gasteiger partial charge in [-0.2, -0.15) is 17.5 Å². The van der Waals surface area contributed by atoms with Crippen LogP contribution in [0.15, 0.2) is 76.3 Å². The van der Waals surface area contributed by atoms with Gasteiger partial charge in [-0.3, -0.25) is 0 Å². The van der Waals surface area contributed by atoms with Crippen LogP contribution in [0.4, 0.5) is 18.9 Å². The summed E-state index contributed by atoms with van der Waals surface area (Å²) in [6, 6.07) is 17.8. The zero-order valence-electron chi connectivity index (χ0n) is 18.6. The molecule has 0 radical (unpaired) electrons. The zero-order chi connectivity index (χ0) is 25.3. The molecular weight excluding hydrogens is 501 g/mol. The number of hydrogen-bond donors (Lipinski definition) is 2. The normalized spacial score (nSPS) is 19.5. The van der Waals surface area contributed by atoms with Gasteiger partial charge in [0.2, 0.25) is 5.60 Å². The van der Waals surface area contributed by atoms with Gasteiger partial charge in [0.1, 0.15) is 4.21 Å². The Hall–Kier alpha value is -2.44. The fourth-order valence-electron chi connectivity index (χ4n) is 4.26. The summed E-state index contributed by atoms with van der Waals surface area (Å²) in [6.07, 6.45) is -4.51. The Morgan fingerprint density at radius 1 is 0.971 bits per heavy atom. The first-order valence-electron chi connectivity index (χ1n) is 10.9. The lowest BCUT2D eigenvalue weighted by molar-refractivity contribution is -0.277. The van der Waals surface area contributed by atoms with E-state index in [9.17, 15) is 31.8 Å². The molecule has 2 N–H and O–H groups in total. The van der Waals surface area contributed by atoms with Crippen molar-refractivity contribution in [1.29, 1.82) is 0 Å². The minimum absolute atomic E-state index is 0.208. The maximum absolute atomic E-state index is 13.3. The van der Waals surface area contributed by atoms with Crippen LogP contribution in [0.1, 0.15) is 11.1 Å². The predicted octanol–water partition coefficient (Wildman–Crippen LogP) is 3.61. The summed E-state index contributed by atoms with van der Waals surface area (Å²) in [7, 11) is -3.66. The molecule has 1 aliphatic rings. The van der Waals surface area contributed by atoms with Crippen molar-refractivity contribution in [2.75, 3.05) is 31.1 Å². The van der Waals surface area contributed by atoms with E-state index < -0.39 is 34.0 Å². The molecule has 11 heteroatoms. The molecule has 3 aromatic rings. The van der Waals surface area contributed by atoms with Crippen molar-refractivity contribution in [3.05, 3.63) is 83.2 Å². The molecule has 6 nitrogen and oxygen atoms in total. The van der Waals surface area contributed by atoms with E-state index in [1.54, 1.807) is 17.5 Å². The number of benzene rings is 2. The van der Waals surface area contributed by atoms with Gasteiger partial charge in [-0.05, 0) is 41.1 Å². The largest absolute Gasteiger partial charge is 0.423 e. The van der Waals surface area contributed by atoms with E-state index in [-0.39, 0.29) is 23.3 Å². The number of halogens is 3. The molecule has 1 fully saturated rings. The van der Waals surface area contributed by atoms with Crippen LogP contribution in [0.2, 0.25) is 0 Å². The number of hydrogen-bond acceptors (Lipinski definition) is 6. The van der Waals surface area contributed by atoms with Gasteiger partial charge in [0.15, 0.2) is 0 Å². The van der Waals surface area contributed by atoms with E-state index in [0.29, 0.717) is 18.7 Å². The summed E-state index contributed by atoms with van der Waals surface area (Å²) in [6.45, 7) is -0.729. The number of alkyl halides is 3. The van der Waals surface area contributed by atoms with Crippen LogP contribution < -0.4 is 4.90 Å². The van der Waals surface area contributed by atoms with Crippen LogP contribution in [0.3, 0.4) is 0 Å². The number of rotatable bonds is 7. The van der Waals surface area contributed by atoms with Gasteiger partial charge >= 0.3 is 6.18 Å². The molecule has 2 aromatic carbocycles. The first-order chi connectivity index (χ1) is 16.6. The molecule has 0 bridgehead atoms. The second-order valence-corrected chi connectivity index (χ2v) is 11.5. The number of thiophene rings is 1. The van der Waals surface area contributed by atoms with E-state index >= 15 is 0 Å². The highest BCUT2D eigenvalue weighted by Crippen LogP contribution is 2.39. The molecule has 0 spiro atoms. The molecule has 1 aliphatic heterocycles. The molecule has 35 heavy (non-hydrogen) atoms. The van der Waals surface area contributed by atoms with Crippen LogP contribution >= 0.6 is 11.3 Å². The van der Waals surface area contributed by atoms with Gasteiger partial charge in [-0.25, -0.2) is 8.42 Å². The number of nitrogens with zero attached hydrogens (tertiary/aromatic N) is 2. The molecule has 1 saturated heterocycles. The molecule has 1 aromatic heterocycles. The fourth-order valence-corrected chi connectivity index (χ4v) is 6.87. The lowest BCUT2D eigenvalue weighted by Gasteiger charge is -2.42. The molecule has 0 amide bonds. The Labute approximate surface area is 205 Å². The second kappa shape index (κ2) is 9.90. The van der Waals surface area contributed by atoms with Crippen molar-refractivity contribution < 1.29 is 31.8 Å². The molecule has 2 atom stereocenters. The van der Waals surface area contributed by atoms with Crippen LogP contribution in [-0.4, -0.2) is 61.4 Å². The summed E-state index contributed by atoms with van der Waals surface area (Å²) in [5.74, 6) is 0. The van der Waals surface area contributed by atoms with Crippen molar-refractivity contribution in [3.63, 3.8) is 0 Å². The first kappa shape index (κ1) is 25.6. The predicted molar refractivity (Wildman–Crippen MR) is 128 cm³/mol. The molecule has 0 aliphatic carbocycles. The van der Waals surface area contributed by atoms with Crippen molar-refractivity contribution in [2.45, 2.75) is 28.4 Å². The third-order valence-electron chi connectivity index (χ3n) is 6.22. The summed E-state index contributed by atoms with van der Waals surface area (Å²) < 4.78 is 68.0. The van der Waals surface area contributed by atoms with E-state index in [1.807, 2.05) is 35.2 Å². The Balaban J connectivity index is 1.63. The Morgan fingerprint density at radius 3 is 2.23 bits per heavy atom. The minimum Gasteiger partial charge on any atom is -0.393 e. The molecular formula is C24H25F3N2O4S2. The fraction of sp³-hybridized carbons (Fsp3) is 0.333. The van der Waals surface area contributed by atoms with Crippen molar-refractivity contribution in [2.24, 2.45) is 0 Å². The standard InChI is InChI=1S/C24H25F3N2O4S2/c25-24(26,27)23(31,17-30)19-8-10-20(11-9-19)29-13-12-28(35(32,33)22-7-4-14-34-22)16-21(29)15-18-5-2-1-3-6-18/h1-11,14,21,30-31H,12-13,15-17H2/t21-,23?/m0/s1. The van der Waals surface area contributed by atoms with Gasteiger partial charge in [0, 0.05) is 31.4 Å². The maximum Gasteiger partial charge on any atom is 0.423 e. The van der Waals surface area contributed by atoms with Crippen molar-refractivity contribution in [3.8, 4) is 0 Å². The van der Waals surface area contributed by atoms with E-state index in [4.69, 9.17) is 0 Å². The van der Waals surface area contributed by atoms with Crippen LogP contribution in [0.25, 0.3) is 0 Å². The lowest BCUT2D eigenvalue weighted by Crippen LogP contribution is -2.55. The highest BCUT2D eigenvalue weighted by molar-refractivity contribution is 7.91. The summed E-state index contributed by atoms with van der Waals surface area (Å²) in [5.41, 5.74) is -2.22. The van der Waals surface area contributed by atoms with Crippen LogP contribution in [-0.2, 0) is 22.0 Å². The number of aliphatic hydroxyl groups is 2. The van der Waals surface area contributed by atoms with E-state index in [1.165, 1.54) is 16.4 Å².